The fourth-order valence-electron chi connectivity index (χ4n) is 1.91. The lowest BCUT2D eigenvalue weighted by Gasteiger charge is -2.17. The molecule has 6 nitrogen and oxygen atoms in total. The van der Waals surface area contributed by atoms with Crippen LogP contribution in [-0.2, 0) is 4.79 Å². The second kappa shape index (κ2) is 4.77. The van der Waals surface area contributed by atoms with E-state index in [1.165, 1.54) is 10.8 Å². The van der Waals surface area contributed by atoms with Crippen molar-refractivity contribution >= 4 is 11.5 Å². The minimum atomic E-state index is -0.609. The highest BCUT2D eigenvalue weighted by Crippen LogP contribution is 2.31. The zero-order chi connectivity index (χ0) is 15.1. The van der Waals surface area contributed by atoms with Gasteiger partial charge in [0, 0.05) is 5.56 Å². The third-order valence-corrected chi connectivity index (χ3v) is 2.97. The molecule has 0 aliphatic carbocycles. The minimum absolute atomic E-state index is 0.0352. The fraction of sp³-hybridized carbons (Fsp3) is 0.500. The summed E-state index contributed by atoms with van der Waals surface area (Å²) in [6.45, 7) is 9.23. The summed E-state index contributed by atoms with van der Waals surface area (Å²) in [4.78, 5) is 26.5. The van der Waals surface area contributed by atoms with Crippen molar-refractivity contribution in [1.29, 1.82) is 0 Å². The van der Waals surface area contributed by atoms with Crippen LogP contribution in [-0.4, -0.2) is 20.6 Å². The minimum Gasteiger partial charge on any atom is -0.424 e. The molecular formula is C14H19N3O3. The first-order valence-electron chi connectivity index (χ1n) is 6.53. The van der Waals surface area contributed by atoms with E-state index in [2.05, 4.69) is 10.1 Å². The smallest absolute Gasteiger partial charge is 0.316 e. The predicted octanol–water partition coefficient (Wildman–Crippen LogP) is 2.10. The highest BCUT2D eigenvalue weighted by atomic mass is 16.5. The van der Waals surface area contributed by atoms with Crippen molar-refractivity contribution in [3.05, 3.63) is 28.4 Å². The molecule has 20 heavy (non-hydrogen) atoms. The van der Waals surface area contributed by atoms with Gasteiger partial charge in [-0.05, 0) is 26.7 Å². The molecule has 0 unspecified atom stereocenters. The van der Waals surface area contributed by atoms with Gasteiger partial charge in [0.25, 0.3) is 5.56 Å². The molecule has 0 saturated heterocycles. The number of nitrogens with one attached hydrogen (secondary N) is 1. The topological polar surface area (TPSA) is 76.5 Å². The van der Waals surface area contributed by atoms with E-state index < -0.39 is 5.41 Å². The second-order valence-electron chi connectivity index (χ2n) is 6.11. The number of nitrogens with zero attached hydrogens (tertiary/aromatic N) is 2. The van der Waals surface area contributed by atoms with Crippen LogP contribution < -0.4 is 10.3 Å². The Morgan fingerprint density at radius 2 is 2.05 bits per heavy atom. The molecular weight excluding hydrogens is 258 g/mol. The van der Waals surface area contributed by atoms with Crippen LogP contribution in [0.15, 0.2) is 17.3 Å². The first kappa shape index (κ1) is 14.3. The van der Waals surface area contributed by atoms with E-state index in [9.17, 15) is 9.59 Å². The average Bonchev–Trinajstić information content (AvgIpc) is 2.67. The van der Waals surface area contributed by atoms with Crippen molar-refractivity contribution in [2.24, 2.45) is 5.41 Å². The predicted molar refractivity (Wildman–Crippen MR) is 75.0 cm³/mol. The zero-order valence-electron chi connectivity index (χ0n) is 12.4. The molecule has 0 aliphatic rings. The van der Waals surface area contributed by atoms with Gasteiger partial charge in [-0.25, -0.2) is 4.52 Å². The standard InChI is InChI=1S/C14H19N3O3/c1-8(2)10-9(20-13(19)14(3,4)5)6-17-11(10)12(18)15-7-16-17/h6-8H,1-5H3,(H,15,16,18). The number of fused-ring (bicyclic) bond motifs is 1. The maximum Gasteiger partial charge on any atom is 0.316 e. The van der Waals surface area contributed by atoms with Gasteiger partial charge in [-0.3, -0.25) is 9.59 Å². The van der Waals surface area contributed by atoms with Gasteiger partial charge in [0.2, 0.25) is 0 Å². The molecule has 0 amide bonds. The Labute approximate surface area is 116 Å². The molecule has 0 bridgehead atoms. The summed E-state index contributed by atoms with van der Waals surface area (Å²) in [5, 5.41) is 4.05. The average molecular weight is 277 g/mol. The second-order valence-corrected chi connectivity index (χ2v) is 6.11. The lowest BCUT2D eigenvalue weighted by molar-refractivity contribution is -0.143. The molecule has 0 atom stereocenters. The number of carbonyl (C=O) groups excluding carboxylic acids is 1. The summed E-state index contributed by atoms with van der Waals surface area (Å²) >= 11 is 0. The van der Waals surface area contributed by atoms with E-state index in [1.807, 2.05) is 13.8 Å². The Bertz CT molecular complexity index is 705. The van der Waals surface area contributed by atoms with Crippen molar-refractivity contribution in [1.82, 2.24) is 14.6 Å². The Morgan fingerprint density at radius 1 is 1.40 bits per heavy atom. The first-order valence-corrected chi connectivity index (χ1v) is 6.53. The summed E-state index contributed by atoms with van der Waals surface area (Å²) in [5.74, 6) is 0.0870. The van der Waals surface area contributed by atoms with Gasteiger partial charge in [-0.1, -0.05) is 13.8 Å². The molecule has 0 radical (unpaired) electrons. The van der Waals surface area contributed by atoms with Crippen LogP contribution in [0.5, 0.6) is 5.75 Å². The molecule has 1 N–H and O–H groups in total. The van der Waals surface area contributed by atoms with Crippen LogP contribution in [0.1, 0.15) is 46.1 Å². The van der Waals surface area contributed by atoms with Crippen LogP contribution >= 0.6 is 0 Å². The summed E-state index contributed by atoms with van der Waals surface area (Å²) < 4.78 is 6.90. The summed E-state index contributed by atoms with van der Waals surface area (Å²) in [7, 11) is 0. The van der Waals surface area contributed by atoms with Crippen molar-refractivity contribution < 1.29 is 9.53 Å². The largest absolute Gasteiger partial charge is 0.424 e. The third-order valence-electron chi connectivity index (χ3n) is 2.97. The Kier molecular flexibility index (Phi) is 3.41. The number of esters is 1. The quantitative estimate of drug-likeness (QED) is 0.853. The van der Waals surface area contributed by atoms with Gasteiger partial charge in [0.05, 0.1) is 11.6 Å². The first-order chi connectivity index (χ1) is 9.21. The van der Waals surface area contributed by atoms with Crippen molar-refractivity contribution in [3.63, 3.8) is 0 Å². The van der Waals surface area contributed by atoms with Crippen molar-refractivity contribution in [3.8, 4) is 5.75 Å². The number of hydrogen-bond acceptors (Lipinski definition) is 4. The Balaban J connectivity index is 2.60. The lowest BCUT2D eigenvalue weighted by atomic mass is 9.97. The number of aromatic nitrogens is 3. The lowest BCUT2D eigenvalue weighted by Crippen LogP contribution is -2.25. The van der Waals surface area contributed by atoms with E-state index >= 15 is 0 Å². The van der Waals surface area contributed by atoms with Gasteiger partial charge < -0.3 is 9.72 Å². The molecule has 2 heterocycles. The number of hydrogen-bond donors (Lipinski definition) is 1. The monoisotopic (exact) mass is 277 g/mol. The maximum atomic E-state index is 12.0. The van der Waals surface area contributed by atoms with Crippen molar-refractivity contribution in [2.75, 3.05) is 0 Å². The SMILES string of the molecule is CC(C)c1c(OC(=O)C(C)(C)C)cn2nc[nH]c(=O)c12. The van der Waals surface area contributed by atoms with Gasteiger partial charge in [-0.15, -0.1) is 0 Å². The normalized spacial score (nSPS) is 12.1. The third kappa shape index (κ3) is 2.45. The number of carbonyl (C=O) groups is 1. The van der Waals surface area contributed by atoms with Gasteiger partial charge in [-0.2, -0.15) is 5.10 Å². The molecule has 0 fully saturated rings. The Morgan fingerprint density at radius 3 is 2.60 bits per heavy atom. The molecule has 0 aromatic carbocycles. The molecule has 108 valence electrons. The van der Waals surface area contributed by atoms with Gasteiger partial charge in [0.1, 0.15) is 11.8 Å². The van der Waals surface area contributed by atoms with E-state index in [1.54, 1.807) is 27.0 Å². The summed E-state index contributed by atoms with van der Waals surface area (Å²) in [6.07, 6.45) is 2.89. The maximum absolute atomic E-state index is 12.0. The molecule has 6 heteroatoms. The molecule has 2 aromatic rings. The molecule has 2 rings (SSSR count). The van der Waals surface area contributed by atoms with E-state index in [4.69, 9.17) is 4.74 Å². The molecule has 0 saturated carbocycles. The number of rotatable bonds is 2. The molecule has 2 aromatic heterocycles. The number of aromatic amines is 1. The molecule has 0 aliphatic heterocycles. The van der Waals surface area contributed by atoms with Crippen LogP contribution in [0, 0.1) is 5.41 Å². The zero-order valence-corrected chi connectivity index (χ0v) is 12.4. The Hall–Kier alpha value is -2.11. The van der Waals surface area contributed by atoms with Crippen molar-refractivity contribution in [2.45, 2.75) is 40.5 Å². The van der Waals surface area contributed by atoms with Crippen LogP contribution in [0.25, 0.3) is 5.52 Å². The van der Waals surface area contributed by atoms with Crippen LogP contribution in [0.2, 0.25) is 0 Å². The van der Waals surface area contributed by atoms with Gasteiger partial charge >= 0.3 is 5.97 Å². The van der Waals surface area contributed by atoms with Crippen LogP contribution in [0.4, 0.5) is 0 Å². The van der Waals surface area contributed by atoms with Gasteiger partial charge in [0.15, 0.2) is 5.75 Å². The molecule has 0 spiro atoms. The summed E-state index contributed by atoms with van der Waals surface area (Å²) in [6, 6.07) is 0. The van der Waals surface area contributed by atoms with E-state index in [-0.39, 0.29) is 17.4 Å². The highest BCUT2D eigenvalue weighted by molar-refractivity contribution is 5.79. The highest BCUT2D eigenvalue weighted by Gasteiger charge is 2.27. The fourth-order valence-corrected chi connectivity index (χ4v) is 1.91. The van der Waals surface area contributed by atoms with E-state index in [0.717, 1.165) is 0 Å². The number of H-pyrrole nitrogens is 1. The van der Waals surface area contributed by atoms with Crippen LogP contribution in [0.3, 0.4) is 0 Å². The summed E-state index contributed by atoms with van der Waals surface area (Å²) in [5.41, 5.74) is 0.250. The number of ether oxygens (including phenoxy) is 1. The van der Waals surface area contributed by atoms with E-state index in [0.29, 0.717) is 16.8 Å².